The largest absolute Gasteiger partial charge is 0.490 e. The minimum atomic E-state index is -1.06. The zero-order valence-corrected chi connectivity index (χ0v) is 26.2. The molecule has 5 N–H and O–H groups in total. The second kappa shape index (κ2) is 14.9. The molecule has 0 saturated carbocycles. The van der Waals surface area contributed by atoms with Crippen LogP contribution in [0.25, 0.3) is 33.5 Å². The van der Waals surface area contributed by atoms with Gasteiger partial charge in [0, 0.05) is 50.4 Å². The number of likely N-dealkylation sites (tertiary alicyclic amines) is 1. The van der Waals surface area contributed by atoms with Crippen LogP contribution in [0.3, 0.4) is 0 Å². The number of carbonyl (C=O) groups is 2. The smallest absolute Gasteiger partial charge is 0.335 e. The molecule has 1 fully saturated rings. The Kier molecular flexibility index (Phi) is 10.5. The van der Waals surface area contributed by atoms with E-state index in [0.717, 1.165) is 31.3 Å². The molecule has 1 saturated heterocycles. The molecule has 0 aliphatic carbocycles. The number of aromatic carboxylic acids is 2. The van der Waals surface area contributed by atoms with Crippen molar-refractivity contribution in [1.29, 1.82) is 0 Å². The summed E-state index contributed by atoms with van der Waals surface area (Å²) in [6, 6.07) is 23.7. The highest BCUT2D eigenvalue weighted by molar-refractivity contribution is 5.91. The van der Waals surface area contributed by atoms with E-state index in [-0.39, 0.29) is 23.2 Å². The molecule has 0 unspecified atom stereocenters. The number of ether oxygens (including phenoxy) is 1. The van der Waals surface area contributed by atoms with Crippen LogP contribution in [-0.2, 0) is 0 Å². The van der Waals surface area contributed by atoms with E-state index in [1.165, 1.54) is 35.2 Å². The third-order valence-electron chi connectivity index (χ3n) is 8.12. The van der Waals surface area contributed by atoms with Crippen LogP contribution < -0.4 is 4.74 Å². The van der Waals surface area contributed by atoms with Gasteiger partial charge >= 0.3 is 11.9 Å². The molecule has 1 aliphatic heterocycles. The Balaban J connectivity index is 0.000000296. The van der Waals surface area contributed by atoms with Crippen molar-refractivity contribution in [2.75, 3.05) is 26.2 Å². The number of aliphatic hydroxyl groups is 1. The molecule has 3 aromatic carbocycles. The number of nitrogens with zero attached hydrogens (tertiary/aromatic N) is 4. The highest BCUT2D eigenvalue weighted by Gasteiger charge is 2.23. The van der Waals surface area contributed by atoms with Gasteiger partial charge in [-0.2, -0.15) is 0 Å². The highest BCUT2D eigenvalue weighted by Crippen LogP contribution is 2.33. The van der Waals surface area contributed by atoms with Crippen LogP contribution in [0, 0.1) is 6.92 Å². The number of rotatable bonds is 9. The summed E-state index contributed by atoms with van der Waals surface area (Å²) in [5, 5.41) is 37.6. The van der Waals surface area contributed by atoms with Gasteiger partial charge in [-0.25, -0.2) is 9.59 Å². The van der Waals surface area contributed by atoms with E-state index in [1.54, 1.807) is 6.92 Å². The molecule has 48 heavy (non-hydrogen) atoms. The van der Waals surface area contributed by atoms with Crippen LogP contribution >= 0.6 is 0 Å². The molecular weight excluding hydrogens is 620 g/mol. The predicted octanol–water partition coefficient (Wildman–Crippen LogP) is 5.08. The molecule has 1 atom stereocenters. The maximum Gasteiger partial charge on any atom is 0.335 e. The number of hydrogen-bond donors (Lipinski definition) is 3. The van der Waals surface area contributed by atoms with Crippen molar-refractivity contribution in [3.63, 3.8) is 0 Å². The van der Waals surface area contributed by atoms with E-state index in [4.69, 9.17) is 23.8 Å². The molecular formula is C35H36N4O9. The number of carboxylic acid groups (broad SMARTS) is 2. The fourth-order valence-corrected chi connectivity index (χ4v) is 5.76. The van der Waals surface area contributed by atoms with Gasteiger partial charge in [0.15, 0.2) is 5.76 Å². The zero-order valence-electron chi connectivity index (χ0n) is 26.2. The number of fused-ring (bicyclic) bond motifs is 2. The van der Waals surface area contributed by atoms with Crippen molar-refractivity contribution in [3.05, 3.63) is 102 Å². The fraction of sp³-hybridized carbons (Fsp3) is 0.257. The van der Waals surface area contributed by atoms with Crippen molar-refractivity contribution in [2.24, 2.45) is 0 Å². The summed E-state index contributed by atoms with van der Waals surface area (Å²) < 4.78 is 19.7. The number of aryl methyl sites for hydroxylation is 1. The van der Waals surface area contributed by atoms with Crippen molar-refractivity contribution >= 4 is 33.8 Å². The van der Waals surface area contributed by atoms with E-state index in [1.807, 2.05) is 24.3 Å². The highest BCUT2D eigenvalue weighted by atomic mass is 16.5. The van der Waals surface area contributed by atoms with Gasteiger partial charge in [0.2, 0.25) is 5.89 Å². The van der Waals surface area contributed by atoms with Gasteiger partial charge in [-0.15, -0.1) is 10.2 Å². The minimum absolute atomic E-state index is 0. The summed E-state index contributed by atoms with van der Waals surface area (Å²) in [6.45, 7) is 4.45. The molecule has 4 heterocycles. The molecule has 13 heteroatoms. The first-order valence-corrected chi connectivity index (χ1v) is 15.2. The number of furan rings is 1. The second-order valence-corrected chi connectivity index (χ2v) is 11.4. The van der Waals surface area contributed by atoms with Crippen LogP contribution in [0.4, 0.5) is 0 Å². The lowest BCUT2D eigenvalue weighted by Crippen LogP contribution is -2.41. The third kappa shape index (κ3) is 7.72. The topological polar surface area (TPSA) is 196 Å². The Bertz CT molecular complexity index is 1960. The number of aliphatic hydroxyl groups excluding tert-OH is 1. The molecule has 0 bridgehead atoms. The number of piperidine rings is 1. The fourth-order valence-electron chi connectivity index (χ4n) is 5.76. The van der Waals surface area contributed by atoms with Crippen LogP contribution in [0.15, 0.2) is 93.9 Å². The van der Waals surface area contributed by atoms with E-state index >= 15 is 0 Å². The lowest BCUT2D eigenvalue weighted by atomic mass is 10.0. The number of hydrogen-bond acceptors (Lipinski definition) is 9. The van der Waals surface area contributed by atoms with Gasteiger partial charge < -0.3 is 43.8 Å². The molecule has 6 aromatic rings. The van der Waals surface area contributed by atoms with E-state index in [0.29, 0.717) is 41.5 Å². The predicted molar refractivity (Wildman–Crippen MR) is 176 cm³/mol. The van der Waals surface area contributed by atoms with Crippen molar-refractivity contribution in [2.45, 2.75) is 31.9 Å². The minimum Gasteiger partial charge on any atom is -0.490 e. The SMILES string of the molecule is Cc1nnc(-c2cc3c(OC[C@@H](O)CN4CCC(n5ccc6ccccc65)CC4)cccc3o2)o1.O.O=C(O)c1ccc(C(=O)O)cc1. The molecule has 0 radical (unpaired) electrons. The Labute approximate surface area is 274 Å². The van der Waals surface area contributed by atoms with E-state index in [2.05, 4.69) is 56.2 Å². The average Bonchev–Trinajstić information content (AvgIpc) is 3.83. The number of aromatic nitrogens is 3. The number of β-amino-alcohol motifs (C(OH)–C–C–N with tert-alkyl or cyclic N) is 1. The summed E-state index contributed by atoms with van der Waals surface area (Å²) in [7, 11) is 0. The first kappa shape index (κ1) is 33.9. The van der Waals surface area contributed by atoms with Crippen molar-refractivity contribution < 1.29 is 44.0 Å². The zero-order chi connectivity index (χ0) is 32.9. The molecule has 3 aromatic heterocycles. The van der Waals surface area contributed by atoms with Gasteiger partial charge in [-0.3, -0.25) is 0 Å². The first-order valence-electron chi connectivity index (χ1n) is 15.2. The Morgan fingerprint density at radius 2 is 1.60 bits per heavy atom. The van der Waals surface area contributed by atoms with E-state index in [9.17, 15) is 14.7 Å². The van der Waals surface area contributed by atoms with Crippen LogP contribution in [-0.4, -0.2) is 84.7 Å². The van der Waals surface area contributed by atoms with Gasteiger partial charge in [-0.05, 0) is 66.8 Å². The standard InChI is InChI=1S/C27H28N4O4.C8H6O4.H2O/c1-18-28-29-27(34-18)26-15-22-24(7-4-8-25(22)35-26)33-17-21(32)16-30-12-10-20(11-13-30)31-14-9-19-5-2-3-6-23(19)31;9-7(10)5-1-2-6(4-3-5)8(11)12;/h2-9,14-15,20-21,32H,10-13,16-17H2,1H3;1-4H,(H,9,10)(H,11,12);1H2/t21-;;/m0../s1. The molecule has 0 spiro atoms. The van der Waals surface area contributed by atoms with Crippen molar-refractivity contribution in [1.82, 2.24) is 19.7 Å². The number of carboxylic acids is 2. The monoisotopic (exact) mass is 656 g/mol. The Morgan fingerprint density at radius 1 is 0.917 bits per heavy atom. The summed E-state index contributed by atoms with van der Waals surface area (Å²) in [6.07, 6.45) is 3.76. The maximum atomic E-state index is 10.7. The molecule has 250 valence electrons. The van der Waals surface area contributed by atoms with Gasteiger partial charge in [0.25, 0.3) is 5.89 Å². The first-order chi connectivity index (χ1) is 22.7. The molecule has 1 aliphatic rings. The molecule has 0 amide bonds. The van der Waals surface area contributed by atoms with Crippen molar-refractivity contribution in [3.8, 4) is 17.4 Å². The number of benzene rings is 3. The third-order valence-corrected chi connectivity index (χ3v) is 8.12. The Hall–Kier alpha value is -5.50. The van der Waals surface area contributed by atoms with E-state index < -0.39 is 18.0 Å². The van der Waals surface area contributed by atoms with Crippen LogP contribution in [0.1, 0.15) is 45.5 Å². The Morgan fingerprint density at radius 3 is 2.25 bits per heavy atom. The lowest BCUT2D eigenvalue weighted by molar-refractivity contribution is 0.0566. The van der Waals surface area contributed by atoms with Gasteiger partial charge in [0.05, 0.1) is 16.5 Å². The summed E-state index contributed by atoms with van der Waals surface area (Å²) in [4.78, 5) is 23.0. The average molecular weight is 657 g/mol. The second-order valence-electron chi connectivity index (χ2n) is 11.4. The van der Waals surface area contributed by atoms with Crippen LogP contribution in [0.2, 0.25) is 0 Å². The summed E-state index contributed by atoms with van der Waals surface area (Å²) >= 11 is 0. The normalized spacial score (nSPS) is 14.2. The summed E-state index contributed by atoms with van der Waals surface area (Å²) in [5.41, 5.74) is 2.13. The molecule has 13 nitrogen and oxygen atoms in total. The quantitative estimate of drug-likeness (QED) is 0.188. The number of para-hydroxylation sites is 1. The van der Waals surface area contributed by atoms with Gasteiger partial charge in [-0.1, -0.05) is 24.3 Å². The maximum absolute atomic E-state index is 10.7. The lowest BCUT2D eigenvalue weighted by Gasteiger charge is -2.34. The van der Waals surface area contributed by atoms with Gasteiger partial charge in [0.1, 0.15) is 24.0 Å². The summed E-state index contributed by atoms with van der Waals surface area (Å²) in [5.74, 6) is -0.160. The molecule has 7 rings (SSSR count). The van der Waals surface area contributed by atoms with Crippen LogP contribution in [0.5, 0.6) is 5.75 Å².